The van der Waals surface area contributed by atoms with E-state index in [2.05, 4.69) is 19.7 Å². The van der Waals surface area contributed by atoms with Crippen molar-refractivity contribution in [3.05, 3.63) is 35.7 Å². The van der Waals surface area contributed by atoms with E-state index in [0.29, 0.717) is 13.2 Å². The van der Waals surface area contributed by atoms with Gasteiger partial charge in [-0.25, -0.2) is 19.2 Å². The van der Waals surface area contributed by atoms with E-state index in [-0.39, 0.29) is 28.5 Å². The molecule has 2 aromatic rings. The summed E-state index contributed by atoms with van der Waals surface area (Å²) in [4.78, 5) is 23.8. The first kappa shape index (κ1) is 16.2. The van der Waals surface area contributed by atoms with Crippen molar-refractivity contribution in [2.24, 2.45) is 0 Å². The monoisotopic (exact) mass is 335 g/mol. The van der Waals surface area contributed by atoms with Crippen molar-refractivity contribution in [3.8, 4) is 17.1 Å². The van der Waals surface area contributed by atoms with Crippen molar-refractivity contribution in [2.75, 3.05) is 27.4 Å². The van der Waals surface area contributed by atoms with E-state index >= 15 is 0 Å². The topological polar surface area (TPSA) is 92.7 Å². The number of rotatable bonds is 4. The van der Waals surface area contributed by atoms with Gasteiger partial charge in [0.15, 0.2) is 11.5 Å². The maximum atomic E-state index is 14.2. The number of pyridine rings is 1. The Morgan fingerprint density at radius 1 is 1.25 bits per heavy atom. The first-order chi connectivity index (χ1) is 11.6. The molecule has 0 radical (unpaired) electrons. The molecule has 0 bridgehead atoms. The summed E-state index contributed by atoms with van der Waals surface area (Å²) < 4.78 is 34.7. The molecular weight excluding hydrogens is 321 g/mol. The van der Waals surface area contributed by atoms with E-state index in [9.17, 15) is 9.18 Å². The second kappa shape index (κ2) is 6.85. The van der Waals surface area contributed by atoms with Gasteiger partial charge in [0.2, 0.25) is 12.2 Å². The Hall–Kier alpha value is -2.65. The molecule has 9 heteroatoms. The molecule has 0 saturated carbocycles. The normalized spacial score (nSPS) is 14.6. The summed E-state index contributed by atoms with van der Waals surface area (Å²) in [7, 11) is 2.65. The van der Waals surface area contributed by atoms with Crippen LogP contribution in [0, 0.1) is 5.82 Å². The highest BCUT2D eigenvalue weighted by molar-refractivity contribution is 5.87. The minimum absolute atomic E-state index is 0.0308. The number of carbonyl (C=O) groups is 1. The zero-order chi connectivity index (χ0) is 17.1. The lowest BCUT2D eigenvalue weighted by Crippen LogP contribution is -2.12. The zero-order valence-electron chi connectivity index (χ0n) is 13.0. The molecule has 1 fully saturated rings. The molecule has 24 heavy (non-hydrogen) atoms. The fourth-order valence-corrected chi connectivity index (χ4v) is 2.21. The fraction of sp³-hybridized carbons (Fsp3) is 0.333. The number of nitrogens with zero attached hydrogens (tertiary/aromatic N) is 3. The van der Waals surface area contributed by atoms with Gasteiger partial charge in [-0.2, -0.15) is 0 Å². The summed E-state index contributed by atoms with van der Waals surface area (Å²) in [6, 6.07) is 1.38. The Balaban J connectivity index is 2.14. The van der Waals surface area contributed by atoms with Crippen LogP contribution in [0.5, 0.6) is 5.88 Å². The molecule has 8 nitrogen and oxygen atoms in total. The van der Waals surface area contributed by atoms with Crippen LogP contribution in [0.25, 0.3) is 11.3 Å². The maximum Gasteiger partial charge on any atom is 0.358 e. The first-order valence-corrected chi connectivity index (χ1v) is 7.02. The van der Waals surface area contributed by atoms with Gasteiger partial charge >= 0.3 is 5.97 Å². The molecule has 0 aliphatic carbocycles. The maximum absolute atomic E-state index is 14.2. The zero-order valence-corrected chi connectivity index (χ0v) is 13.0. The number of hydrogen-bond acceptors (Lipinski definition) is 8. The van der Waals surface area contributed by atoms with Crippen molar-refractivity contribution in [2.45, 2.75) is 6.29 Å². The van der Waals surface area contributed by atoms with E-state index < -0.39 is 18.1 Å². The molecule has 3 heterocycles. The van der Waals surface area contributed by atoms with Crippen LogP contribution in [0.4, 0.5) is 4.39 Å². The van der Waals surface area contributed by atoms with Gasteiger partial charge < -0.3 is 18.9 Å². The molecular formula is C15H14FN3O5. The predicted octanol–water partition coefficient (Wildman–Crippen LogP) is 1.52. The summed E-state index contributed by atoms with van der Waals surface area (Å²) in [6.45, 7) is 0.715. The van der Waals surface area contributed by atoms with Crippen LogP contribution in [0.3, 0.4) is 0 Å². The molecule has 1 aliphatic rings. The van der Waals surface area contributed by atoms with Crippen LogP contribution in [0.2, 0.25) is 0 Å². The van der Waals surface area contributed by atoms with E-state index in [1.165, 1.54) is 26.5 Å². The molecule has 3 rings (SSSR count). The smallest absolute Gasteiger partial charge is 0.358 e. The van der Waals surface area contributed by atoms with Gasteiger partial charge in [0.05, 0.1) is 39.8 Å². The first-order valence-electron chi connectivity index (χ1n) is 7.02. The highest BCUT2D eigenvalue weighted by atomic mass is 19.1. The largest absolute Gasteiger partial charge is 0.481 e. The summed E-state index contributed by atoms with van der Waals surface area (Å²) >= 11 is 0. The Morgan fingerprint density at radius 3 is 2.67 bits per heavy atom. The van der Waals surface area contributed by atoms with Crippen molar-refractivity contribution >= 4 is 5.97 Å². The molecule has 0 amide bonds. The van der Waals surface area contributed by atoms with Gasteiger partial charge in [0.25, 0.3) is 0 Å². The van der Waals surface area contributed by atoms with E-state index in [4.69, 9.17) is 14.2 Å². The minimum Gasteiger partial charge on any atom is -0.481 e. The standard InChI is InChI=1S/C15H14FN3O5/c1-21-11-5-8(9(16)6-17-11)12-13(15-23-3-4-24-15)19-10(7-18-12)14(20)22-2/h5-7,15H,3-4H2,1-2H3. The lowest BCUT2D eigenvalue weighted by Gasteiger charge is -2.14. The van der Waals surface area contributed by atoms with E-state index in [1.807, 2.05) is 0 Å². The van der Waals surface area contributed by atoms with Crippen molar-refractivity contribution in [1.82, 2.24) is 15.0 Å². The Bertz CT molecular complexity index is 765. The van der Waals surface area contributed by atoms with E-state index in [0.717, 1.165) is 6.20 Å². The van der Waals surface area contributed by atoms with Crippen molar-refractivity contribution in [3.63, 3.8) is 0 Å². The molecule has 0 spiro atoms. The van der Waals surface area contributed by atoms with Crippen LogP contribution in [-0.2, 0) is 14.2 Å². The summed E-state index contributed by atoms with van der Waals surface area (Å²) in [5.41, 5.74) is 0.437. The average Bonchev–Trinajstić information content (AvgIpc) is 3.15. The molecule has 0 atom stereocenters. The summed E-state index contributed by atoms with van der Waals surface area (Å²) in [5.74, 6) is -1.07. The number of aromatic nitrogens is 3. The van der Waals surface area contributed by atoms with Crippen LogP contribution < -0.4 is 4.74 Å². The van der Waals surface area contributed by atoms with E-state index in [1.54, 1.807) is 0 Å². The lowest BCUT2D eigenvalue weighted by atomic mass is 10.1. The molecule has 1 aliphatic heterocycles. The second-order valence-electron chi connectivity index (χ2n) is 4.76. The minimum atomic E-state index is -0.851. The average molecular weight is 335 g/mol. The Labute approximate surface area is 136 Å². The second-order valence-corrected chi connectivity index (χ2v) is 4.76. The third-order valence-electron chi connectivity index (χ3n) is 3.33. The number of ether oxygens (including phenoxy) is 4. The lowest BCUT2D eigenvalue weighted by molar-refractivity contribution is -0.0471. The third-order valence-corrected chi connectivity index (χ3v) is 3.33. The quantitative estimate of drug-likeness (QED) is 0.777. The molecule has 2 aromatic heterocycles. The SMILES string of the molecule is COC(=O)c1cnc(-c2cc(OC)ncc2F)c(C2OCCO2)n1. The number of halogens is 1. The van der Waals surface area contributed by atoms with Gasteiger partial charge in [-0.15, -0.1) is 0 Å². The molecule has 0 unspecified atom stereocenters. The summed E-state index contributed by atoms with van der Waals surface area (Å²) in [5, 5.41) is 0. The summed E-state index contributed by atoms with van der Waals surface area (Å²) in [6.07, 6.45) is 1.37. The number of carbonyl (C=O) groups excluding carboxylic acids is 1. The molecule has 126 valence electrons. The fourth-order valence-electron chi connectivity index (χ4n) is 2.21. The number of esters is 1. The van der Waals surface area contributed by atoms with Gasteiger partial charge in [0.1, 0.15) is 11.4 Å². The van der Waals surface area contributed by atoms with Crippen molar-refractivity contribution in [1.29, 1.82) is 0 Å². The van der Waals surface area contributed by atoms with Crippen LogP contribution in [0.15, 0.2) is 18.5 Å². The van der Waals surface area contributed by atoms with Gasteiger partial charge in [0, 0.05) is 11.6 Å². The van der Waals surface area contributed by atoms with Gasteiger partial charge in [-0.05, 0) is 0 Å². The molecule has 1 saturated heterocycles. The number of hydrogen-bond donors (Lipinski definition) is 0. The predicted molar refractivity (Wildman–Crippen MR) is 77.8 cm³/mol. The Kier molecular flexibility index (Phi) is 4.63. The van der Waals surface area contributed by atoms with Crippen LogP contribution >= 0.6 is 0 Å². The highest BCUT2D eigenvalue weighted by Gasteiger charge is 2.28. The van der Waals surface area contributed by atoms with Gasteiger partial charge in [-0.3, -0.25) is 4.98 Å². The van der Waals surface area contributed by atoms with Gasteiger partial charge in [-0.1, -0.05) is 0 Å². The van der Waals surface area contributed by atoms with Crippen molar-refractivity contribution < 1.29 is 28.1 Å². The molecule has 0 aromatic carbocycles. The van der Waals surface area contributed by atoms with Crippen LogP contribution in [0.1, 0.15) is 22.5 Å². The highest BCUT2D eigenvalue weighted by Crippen LogP contribution is 2.32. The Morgan fingerprint density at radius 2 is 2.00 bits per heavy atom. The third kappa shape index (κ3) is 3.03. The van der Waals surface area contributed by atoms with Crippen LogP contribution in [-0.4, -0.2) is 48.4 Å². The number of methoxy groups -OCH3 is 2. The molecule has 0 N–H and O–H groups in total.